The van der Waals surface area contributed by atoms with Crippen LogP contribution in [0.2, 0.25) is 0 Å². The van der Waals surface area contributed by atoms with Gasteiger partial charge in [0.1, 0.15) is 5.69 Å². The van der Waals surface area contributed by atoms with Gasteiger partial charge in [0.2, 0.25) is 0 Å². The molecular formula is C13H14N4. The van der Waals surface area contributed by atoms with Crippen LogP contribution in [0.15, 0.2) is 30.5 Å². The average Bonchev–Trinajstić information content (AvgIpc) is 2.75. The number of nitriles is 1. The summed E-state index contributed by atoms with van der Waals surface area (Å²) in [6, 6.07) is 10.1. The molecule has 0 amide bonds. The Labute approximate surface area is 101 Å². The van der Waals surface area contributed by atoms with Gasteiger partial charge in [0.05, 0.1) is 23.9 Å². The Morgan fingerprint density at radius 1 is 1.35 bits per heavy atom. The Hall–Kier alpha value is -2.15. The van der Waals surface area contributed by atoms with Crippen molar-refractivity contribution >= 4 is 0 Å². The number of nitrogens with zero attached hydrogens (tertiary/aromatic N) is 4. The molecule has 0 aromatic carbocycles. The van der Waals surface area contributed by atoms with Gasteiger partial charge in [-0.25, -0.2) is 0 Å². The Balaban J connectivity index is 2.44. The Morgan fingerprint density at radius 2 is 2.18 bits per heavy atom. The minimum atomic E-state index is 0.246. The smallest absolute Gasteiger partial charge is 0.111 e. The van der Waals surface area contributed by atoms with Crippen LogP contribution in [0.25, 0.3) is 11.4 Å². The lowest BCUT2D eigenvalue weighted by atomic mass is 10.2. The van der Waals surface area contributed by atoms with Gasteiger partial charge in [-0.1, -0.05) is 6.07 Å². The maximum absolute atomic E-state index is 8.80. The van der Waals surface area contributed by atoms with Crippen LogP contribution in [0.5, 0.6) is 0 Å². The van der Waals surface area contributed by atoms with Crippen molar-refractivity contribution in [3.63, 3.8) is 0 Å². The third-order valence-electron chi connectivity index (χ3n) is 2.49. The summed E-state index contributed by atoms with van der Waals surface area (Å²) in [5.41, 5.74) is 2.60. The normalized spacial score (nSPS) is 10.5. The molecule has 2 heterocycles. The number of pyridine rings is 1. The molecule has 0 spiro atoms. The van der Waals surface area contributed by atoms with E-state index in [1.807, 2.05) is 28.9 Å². The van der Waals surface area contributed by atoms with E-state index in [0.29, 0.717) is 6.42 Å². The predicted octanol–water partition coefficient (Wildman–Crippen LogP) is 2.59. The van der Waals surface area contributed by atoms with Crippen molar-refractivity contribution in [2.45, 2.75) is 26.3 Å². The SMILES string of the molecule is CC(C)n1nc(-c2ccccn2)cc1CC#N. The largest absolute Gasteiger partial charge is 0.265 e. The van der Waals surface area contributed by atoms with Crippen LogP contribution in [0, 0.1) is 11.3 Å². The van der Waals surface area contributed by atoms with Crippen molar-refractivity contribution in [2.75, 3.05) is 0 Å². The monoisotopic (exact) mass is 226 g/mol. The van der Waals surface area contributed by atoms with E-state index in [0.717, 1.165) is 17.1 Å². The van der Waals surface area contributed by atoms with E-state index >= 15 is 0 Å². The minimum Gasteiger partial charge on any atom is -0.265 e. The van der Waals surface area contributed by atoms with Crippen molar-refractivity contribution in [3.05, 3.63) is 36.2 Å². The predicted molar refractivity (Wildman–Crippen MR) is 65.2 cm³/mol. The van der Waals surface area contributed by atoms with Gasteiger partial charge in [-0.05, 0) is 32.0 Å². The third-order valence-corrected chi connectivity index (χ3v) is 2.49. The summed E-state index contributed by atoms with van der Waals surface area (Å²) in [6.07, 6.45) is 2.12. The maximum Gasteiger partial charge on any atom is 0.111 e. The first-order valence-electron chi connectivity index (χ1n) is 5.59. The standard InChI is InChI=1S/C13H14N4/c1-10(2)17-11(6-7-14)9-13(16-17)12-5-3-4-8-15-12/h3-5,8-10H,6H2,1-2H3. The van der Waals surface area contributed by atoms with Crippen LogP contribution >= 0.6 is 0 Å². The molecular weight excluding hydrogens is 212 g/mol. The molecule has 0 unspecified atom stereocenters. The van der Waals surface area contributed by atoms with Gasteiger partial charge in [0.25, 0.3) is 0 Å². The third kappa shape index (κ3) is 2.34. The minimum absolute atomic E-state index is 0.246. The lowest BCUT2D eigenvalue weighted by Crippen LogP contribution is -2.07. The van der Waals surface area contributed by atoms with Gasteiger partial charge in [-0.2, -0.15) is 10.4 Å². The molecule has 0 aliphatic rings. The van der Waals surface area contributed by atoms with Gasteiger partial charge in [-0.15, -0.1) is 0 Å². The molecule has 4 nitrogen and oxygen atoms in total. The van der Waals surface area contributed by atoms with Crippen molar-refractivity contribution in [1.82, 2.24) is 14.8 Å². The van der Waals surface area contributed by atoms with Crippen molar-refractivity contribution in [2.24, 2.45) is 0 Å². The second-order valence-electron chi connectivity index (χ2n) is 4.11. The molecule has 0 aliphatic heterocycles. The first-order valence-corrected chi connectivity index (χ1v) is 5.59. The fourth-order valence-corrected chi connectivity index (χ4v) is 1.73. The van der Waals surface area contributed by atoms with Gasteiger partial charge in [0.15, 0.2) is 0 Å². The molecule has 0 saturated heterocycles. The molecule has 0 aliphatic carbocycles. The molecule has 0 saturated carbocycles. The number of rotatable bonds is 3. The summed E-state index contributed by atoms with van der Waals surface area (Å²) in [5.74, 6) is 0. The second-order valence-corrected chi connectivity index (χ2v) is 4.11. The molecule has 0 radical (unpaired) electrons. The van der Waals surface area contributed by atoms with E-state index in [1.165, 1.54) is 0 Å². The van der Waals surface area contributed by atoms with Crippen LogP contribution < -0.4 is 0 Å². The molecule has 0 fully saturated rings. The highest BCUT2D eigenvalue weighted by atomic mass is 15.3. The topological polar surface area (TPSA) is 54.5 Å². The van der Waals surface area contributed by atoms with E-state index in [-0.39, 0.29) is 6.04 Å². The number of aromatic nitrogens is 3. The molecule has 0 atom stereocenters. The van der Waals surface area contributed by atoms with Gasteiger partial charge < -0.3 is 0 Å². The fraction of sp³-hybridized carbons (Fsp3) is 0.308. The molecule has 86 valence electrons. The summed E-state index contributed by atoms with van der Waals surface area (Å²) in [5, 5.41) is 13.3. The first-order chi connectivity index (χ1) is 8.22. The summed E-state index contributed by atoms with van der Waals surface area (Å²) in [4.78, 5) is 4.26. The van der Waals surface area contributed by atoms with E-state index < -0.39 is 0 Å². The van der Waals surface area contributed by atoms with Crippen molar-refractivity contribution in [3.8, 4) is 17.5 Å². The molecule has 2 aromatic rings. The van der Waals surface area contributed by atoms with Crippen molar-refractivity contribution in [1.29, 1.82) is 5.26 Å². The molecule has 17 heavy (non-hydrogen) atoms. The summed E-state index contributed by atoms with van der Waals surface area (Å²) in [7, 11) is 0. The number of hydrogen-bond donors (Lipinski definition) is 0. The van der Waals surface area contributed by atoms with E-state index in [1.54, 1.807) is 6.20 Å². The quantitative estimate of drug-likeness (QED) is 0.808. The lowest BCUT2D eigenvalue weighted by molar-refractivity contribution is 0.516. The molecule has 2 rings (SSSR count). The Bertz CT molecular complexity index is 534. The maximum atomic E-state index is 8.80. The highest BCUT2D eigenvalue weighted by Crippen LogP contribution is 2.19. The number of hydrogen-bond acceptors (Lipinski definition) is 3. The average molecular weight is 226 g/mol. The summed E-state index contributed by atoms with van der Waals surface area (Å²) < 4.78 is 1.88. The van der Waals surface area contributed by atoms with Crippen molar-refractivity contribution < 1.29 is 0 Å². The Morgan fingerprint density at radius 3 is 2.76 bits per heavy atom. The fourth-order valence-electron chi connectivity index (χ4n) is 1.73. The second kappa shape index (κ2) is 4.79. The van der Waals surface area contributed by atoms with E-state index in [9.17, 15) is 0 Å². The molecule has 0 bridgehead atoms. The molecule has 2 aromatic heterocycles. The van der Waals surface area contributed by atoms with E-state index in [2.05, 4.69) is 30.0 Å². The lowest BCUT2D eigenvalue weighted by Gasteiger charge is -2.07. The zero-order valence-corrected chi connectivity index (χ0v) is 9.96. The van der Waals surface area contributed by atoms with E-state index in [4.69, 9.17) is 5.26 Å². The highest BCUT2D eigenvalue weighted by Gasteiger charge is 2.11. The van der Waals surface area contributed by atoms with Gasteiger partial charge in [0, 0.05) is 12.2 Å². The first kappa shape index (κ1) is 11.3. The van der Waals surface area contributed by atoms with Crippen LogP contribution in [0.3, 0.4) is 0 Å². The summed E-state index contributed by atoms with van der Waals surface area (Å²) >= 11 is 0. The van der Waals surface area contributed by atoms with Gasteiger partial charge in [-0.3, -0.25) is 9.67 Å². The zero-order valence-electron chi connectivity index (χ0n) is 9.96. The molecule has 0 N–H and O–H groups in total. The van der Waals surface area contributed by atoms with Crippen LogP contribution in [0.1, 0.15) is 25.6 Å². The summed E-state index contributed by atoms with van der Waals surface area (Å²) in [6.45, 7) is 4.10. The Kier molecular flexibility index (Phi) is 3.20. The van der Waals surface area contributed by atoms with Crippen LogP contribution in [-0.2, 0) is 6.42 Å². The zero-order chi connectivity index (χ0) is 12.3. The van der Waals surface area contributed by atoms with Crippen LogP contribution in [0.4, 0.5) is 0 Å². The van der Waals surface area contributed by atoms with Gasteiger partial charge >= 0.3 is 0 Å². The van der Waals surface area contributed by atoms with Crippen LogP contribution in [-0.4, -0.2) is 14.8 Å². The highest BCUT2D eigenvalue weighted by molar-refractivity contribution is 5.54. The molecule has 4 heteroatoms.